The van der Waals surface area contributed by atoms with Crippen LogP contribution >= 0.6 is 0 Å². The average Bonchev–Trinajstić information content (AvgIpc) is 2.22. The molecule has 23 heavy (non-hydrogen) atoms. The normalized spacial score (nSPS) is 9.30. The van der Waals surface area contributed by atoms with Gasteiger partial charge < -0.3 is 49.4 Å². The van der Waals surface area contributed by atoms with Crippen LogP contribution in [0.3, 0.4) is 0 Å². The van der Waals surface area contributed by atoms with Crippen molar-refractivity contribution in [1.29, 1.82) is 0 Å². The Bertz CT molecular complexity index is 331. The van der Waals surface area contributed by atoms with Crippen molar-refractivity contribution in [2.24, 2.45) is 0 Å². The van der Waals surface area contributed by atoms with Gasteiger partial charge in [0.05, 0.1) is 23.9 Å². The molecule has 2 N–H and O–H groups in total. The molecule has 10 nitrogen and oxygen atoms in total. The van der Waals surface area contributed by atoms with Crippen molar-refractivity contribution >= 4 is 46.9 Å². The number of nitrogens with one attached hydrogen (secondary N) is 2. The Kier molecular flexibility index (Phi) is 26.3. The second kappa shape index (κ2) is 18.6. The summed E-state index contributed by atoms with van der Waals surface area (Å²) in [7, 11) is 0. The van der Waals surface area contributed by atoms with Crippen LogP contribution in [0.25, 0.3) is 0 Å². The zero-order valence-electron chi connectivity index (χ0n) is 13.2. The predicted octanol–water partition coefficient (Wildman–Crippen LogP) is -16.6. The Morgan fingerprint density at radius 1 is 0.565 bits per heavy atom. The van der Waals surface area contributed by atoms with Crippen molar-refractivity contribution in [3.63, 3.8) is 0 Å². The second-order valence-electron chi connectivity index (χ2n) is 4.20. The molecule has 0 radical (unpaired) electrons. The Morgan fingerprint density at radius 3 is 0.870 bits per heavy atom. The molecule has 0 spiro atoms. The minimum absolute atomic E-state index is 0. The number of carboxylic acid groups (broad SMARTS) is 4. The fraction of sp³-hybridized carbons (Fsp3) is 0.600. The van der Waals surface area contributed by atoms with Gasteiger partial charge in [-0.3, -0.25) is 0 Å². The maximum Gasteiger partial charge on any atom is 2.00 e. The van der Waals surface area contributed by atoms with Crippen molar-refractivity contribution in [1.82, 2.24) is 0 Å². The molecule has 0 atom stereocenters. The van der Waals surface area contributed by atoms with Gasteiger partial charge in [-0.15, -0.1) is 0 Å². The van der Waals surface area contributed by atoms with Crippen molar-refractivity contribution in [2.45, 2.75) is 0 Å². The summed E-state index contributed by atoms with van der Waals surface area (Å²) in [6.45, 7) is -2.62. The van der Waals surface area contributed by atoms with Crippen LogP contribution in [0.5, 0.6) is 0 Å². The van der Waals surface area contributed by atoms with Crippen LogP contribution in [0.1, 0.15) is 0 Å². The van der Waals surface area contributed by atoms with Gasteiger partial charge in [0, 0.05) is 0 Å². The van der Waals surface area contributed by atoms with E-state index >= 15 is 0 Å². The van der Waals surface area contributed by atoms with Gasteiger partial charge in [-0.25, -0.2) is 0 Å². The summed E-state index contributed by atoms with van der Waals surface area (Å²) in [6.07, 6.45) is 0. The summed E-state index contributed by atoms with van der Waals surface area (Å²) in [5.41, 5.74) is 0. The zero-order chi connectivity index (χ0) is 15.7. The number of aliphatic carboxylic acids is 4. The standard InChI is InChI=1S/C10H16N2O8.2K.Mg/c13-7(14)3-11(4-8(15)16)1-2-12(5-9(17)18)6-10(19)20;;;/h1-6H2,(H,13,14)(H,15,16)(H,17,18)(H,19,20);;;/q;2*+1;+2/p-2. The van der Waals surface area contributed by atoms with E-state index in [1.165, 1.54) is 0 Å². The van der Waals surface area contributed by atoms with Crippen molar-refractivity contribution in [3.05, 3.63) is 0 Å². The van der Waals surface area contributed by atoms with Crippen LogP contribution in [0.2, 0.25) is 0 Å². The topological polar surface area (TPSA) is 169 Å². The molecule has 0 saturated heterocycles. The first-order valence-corrected chi connectivity index (χ1v) is 5.67. The molecule has 0 saturated carbocycles. The van der Waals surface area contributed by atoms with E-state index in [2.05, 4.69) is 0 Å². The molecule has 0 aliphatic carbocycles. The van der Waals surface area contributed by atoms with Crippen LogP contribution in [0.15, 0.2) is 0 Å². The van der Waals surface area contributed by atoms with Crippen molar-refractivity contribution < 1.29 is 152 Å². The van der Waals surface area contributed by atoms with Crippen LogP contribution in [0, 0.1) is 0 Å². The van der Waals surface area contributed by atoms with Crippen molar-refractivity contribution in [2.75, 3.05) is 39.3 Å². The van der Waals surface area contributed by atoms with E-state index in [0.29, 0.717) is 0 Å². The number of hydrogen-bond acceptors (Lipinski definition) is 8. The largest absolute Gasteiger partial charge is 2.00 e. The third-order valence-electron chi connectivity index (χ3n) is 2.41. The van der Waals surface area contributed by atoms with E-state index < -0.39 is 50.1 Å². The predicted molar refractivity (Wildman–Crippen MR) is 56.9 cm³/mol. The molecule has 0 aliphatic rings. The van der Waals surface area contributed by atoms with E-state index in [1.807, 2.05) is 0 Å². The molecule has 0 rings (SSSR count). The number of carbonyl (C=O) groups excluding carboxylic acids is 4. The van der Waals surface area contributed by atoms with Crippen LogP contribution in [-0.4, -0.2) is 86.2 Å². The number of rotatable bonds is 11. The average molecular weight is 393 g/mol. The monoisotopic (exact) mass is 392 g/mol. The molecule has 13 heteroatoms. The number of hydrogen-bond donors (Lipinski definition) is 2. The first kappa shape index (κ1) is 32.5. The Balaban J connectivity index is -0.000000602. The Hall–Kier alpha value is 1.84. The Labute approximate surface area is 233 Å². The molecule has 0 fully saturated rings. The molecule has 0 aromatic heterocycles. The zero-order valence-corrected chi connectivity index (χ0v) is 20.9. The van der Waals surface area contributed by atoms with E-state index in [-0.39, 0.29) is 149 Å². The van der Waals surface area contributed by atoms with Gasteiger partial charge in [-0.1, -0.05) is 0 Å². The second-order valence-corrected chi connectivity index (χ2v) is 4.20. The first-order valence-electron chi connectivity index (χ1n) is 5.67. The van der Waals surface area contributed by atoms with Crippen LogP contribution in [-0.2, 0) is 19.2 Å². The van der Waals surface area contributed by atoms with Gasteiger partial charge in [0.25, 0.3) is 0 Å². The molecule has 0 amide bonds. The summed E-state index contributed by atoms with van der Waals surface area (Å²) < 4.78 is 0. The smallest absolute Gasteiger partial charge is 0.544 e. The molecule has 0 heterocycles. The summed E-state index contributed by atoms with van der Waals surface area (Å²) in [5, 5.41) is 41.7. The van der Waals surface area contributed by atoms with Crippen molar-refractivity contribution in [3.8, 4) is 0 Å². The summed E-state index contributed by atoms with van der Waals surface area (Å²) in [5.74, 6) is -5.93. The quantitative estimate of drug-likeness (QED) is 0.326. The molecule has 0 aromatic rings. The third kappa shape index (κ3) is 21.8. The maximum absolute atomic E-state index is 10.4. The molecule has 0 aromatic carbocycles. The van der Waals surface area contributed by atoms with Gasteiger partial charge in [0.15, 0.2) is 0 Å². The molecular weight excluding hydrogens is 379 g/mol. The number of carbonyl (C=O) groups is 4. The van der Waals surface area contributed by atoms with Gasteiger partial charge in [0.2, 0.25) is 0 Å². The summed E-state index contributed by atoms with van der Waals surface area (Å²) in [6, 6.07) is 0. The van der Waals surface area contributed by atoms with E-state index in [0.717, 1.165) is 0 Å². The van der Waals surface area contributed by atoms with E-state index in [1.54, 1.807) is 0 Å². The molecule has 114 valence electrons. The van der Waals surface area contributed by atoms with Gasteiger partial charge >= 0.3 is 126 Å². The minimum Gasteiger partial charge on any atom is -0.544 e. The van der Waals surface area contributed by atoms with E-state index in [4.69, 9.17) is 0 Å². The molecule has 0 bridgehead atoms. The summed E-state index contributed by atoms with van der Waals surface area (Å²) in [4.78, 5) is 41.8. The Morgan fingerprint density at radius 2 is 0.739 bits per heavy atom. The SMILES string of the molecule is O=C([O-])C[NH+](CC[NH+](CC(=O)[O-])CC(=O)[O-])CC(=O)[O-].[K+].[K+].[Mg+2]. The number of quaternary nitrogens is 2. The van der Waals surface area contributed by atoms with Crippen LogP contribution < -0.4 is 133 Å². The molecule has 0 unspecified atom stereocenters. The minimum atomic E-state index is -1.48. The molecular formula is C10H14K2MgN2O8+2. The van der Waals surface area contributed by atoms with E-state index in [9.17, 15) is 39.6 Å². The number of carboxylic acids is 4. The fourth-order valence-corrected chi connectivity index (χ4v) is 1.65. The van der Waals surface area contributed by atoms with Crippen LogP contribution in [0.4, 0.5) is 0 Å². The van der Waals surface area contributed by atoms with Gasteiger partial charge in [-0.2, -0.15) is 0 Å². The maximum atomic E-state index is 10.4. The van der Waals surface area contributed by atoms with Gasteiger partial charge in [0.1, 0.15) is 39.3 Å². The summed E-state index contributed by atoms with van der Waals surface area (Å²) >= 11 is 0. The molecule has 0 aliphatic heterocycles. The van der Waals surface area contributed by atoms with Gasteiger partial charge in [-0.05, 0) is 0 Å². The third-order valence-corrected chi connectivity index (χ3v) is 2.41. The first-order chi connectivity index (χ1) is 9.20. The fourth-order valence-electron chi connectivity index (χ4n) is 1.65.